The molecular formula is C13H28N2. The summed E-state index contributed by atoms with van der Waals surface area (Å²) >= 11 is 0. The van der Waals surface area contributed by atoms with Crippen LogP contribution in [0.2, 0.25) is 0 Å². The predicted octanol–water partition coefficient (Wildman–Crippen LogP) is 2.63. The first-order chi connectivity index (χ1) is 6.96. The highest BCUT2D eigenvalue weighted by Crippen LogP contribution is 2.38. The van der Waals surface area contributed by atoms with Crippen LogP contribution in [-0.2, 0) is 0 Å². The maximum absolute atomic E-state index is 5.98. The topological polar surface area (TPSA) is 29.3 Å². The lowest BCUT2D eigenvalue weighted by Gasteiger charge is -2.41. The first-order valence-corrected chi connectivity index (χ1v) is 6.37. The van der Waals surface area contributed by atoms with Crippen molar-refractivity contribution < 1.29 is 0 Å². The van der Waals surface area contributed by atoms with E-state index in [2.05, 4.69) is 32.7 Å². The molecule has 0 aromatic heterocycles. The number of nitrogens with two attached hydrogens (primary N) is 1. The molecule has 0 atom stereocenters. The summed E-state index contributed by atoms with van der Waals surface area (Å²) in [4.78, 5) is 2.51. The molecule has 0 aromatic rings. The Morgan fingerprint density at radius 3 is 2.20 bits per heavy atom. The molecule has 0 aliphatic heterocycles. The highest BCUT2D eigenvalue weighted by molar-refractivity contribution is 4.91. The van der Waals surface area contributed by atoms with Gasteiger partial charge in [0.15, 0.2) is 0 Å². The van der Waals surface area contributed by atoms with E-state index < -0.39 is 0 Å². The molecule has 1 rings (SSSR count). The molecule has 0 bridgehead atoms. The maximum atomic E-state index is 5.98. The van der Waals surface area contributed by atoms with E-state index in [1.165, 1.54) is 38.6 Å². The lowest BCUT2D eigenvalue weighted by atomic mass is 9.84. The second kappa shape index (κ2) is 4.84. The zero-order valence-corrected chi connectivity index (χ0v) is 11.0. The van der Waals surface area contributed by atoms with Gasteiger partial charge in [0.2, 0.25) is 0 Å². The first kappa shape index (κ1) is 13.0. The van der Waals surface area contributed by atoms with Gasteiger partial charge in [0.1, 0.15) is 0 Å². The smallest absolute Gasteiger partial charge is 0.0147 e. The maximum Gasteiger partial charge on any atom is 0.0147 e. The van der Waals surface area contributed by atoms with Gasteiger partial charge in [-0.25, -0.2) is 0 Å². The van der Waals surface area contributed by atoms with Crippen LogP contribution in [0.1, 0.15) is 52.9 Å². The van der Waals surface area contributed by atoms with Crippen LogP contribution in [-0.4, -0.2) is 30.6 Å². The minimum atomic E-state index is 0.310. The van der Waals surface area contributed by atoms with Gasteiger partial charge >= 0.3 is 0 Å². The van der Waals surface area contributed by atoms with E-state index in [0.29, 0.717) is 11.0 Å². The van der Waals surface area contributed by atoms with Crippen molar-refractivity contribution in [2.24, 2.45) is 11.1 Å². The van der Waals surface area contributed by atoms with Crippen molar-refractivity contribution in [1.29, 1.82) is 0 Å². The molecule has 0 amide bonds. The third-order valence-electron chi connectivity index (χ3n) is 4.57. The molecule has 0 saturated heterocycles. The third-order valence-corrected chi connectivity index (χ3v) is 4.57. The molecule has 1 saturated carbocycles. The summed E-state index contributed by atoms with van der Waals surface area (Å²) in [6.45, 7) is 8.94. The summed E-state index contributed by atoms with van der Waals surface area (Å²) in [6.07, 6.45) is 6.60. The van der Waals surface area contributed by atoms with Gasteiger partial charge in [-0.2, -0.15) is 0 Å². The molecule has 0 heterocycles. The zero-order valence-electron chi connectivity index (χ0n) is 11.0. The Kier molecular flexibility index (Phi) is 4.19. The minimum Gasteiger partial charge on any atom is -0.330 e. The Morgan fingerprint density at radius 1 is 1.27 bits per heavy atom. The third kappa shape index (κ3) is 2.94. The van der Waals surface area contributed by atoms with E-state index in [4.69, 9.17) is 5.73 Å². The quantitative estimate of drug-likeness (QED) is 0.759. The largest absolute Gasteiger partial charge is 0.330 e. The molecule has 2 N–H and O–H groups in total. The molecule has 15 heavy (non-hydrogen) atoms. The van der Waals surface area contributed by atoms with Gasteiger partial charge in [0.25, 0.3) is 0 Å². The van der Waals surface area contributed by atoms with Crippen LogP contribution in [0.25, 0.3) is 0 Å². The van der Waals surface area contributed by atoms with Crippen molar-refractivity contribution in [3.8, 4) is 0 Å². The molecule has 0 aromatic carbocycles. The van der Waals surface area contributed by atoms with Crippen molar-refractivity contribution in [3.05, 3.63) is 0 Å². The molecule has 90 valence electrons. The van der Waals surface area contributed by atoms with E-state index in [1.54, 1.807) is 0 Å². The summed E-state index contributed by atoms with van der Waals surface area (Å²) in [5.74, 6) is 0. The summed E-state index contributed by atoms with van der Waals surface area (Å²) in [5, 5.41) is 0. The second-order valence-corrected chi connectivity index (χ2v) is 5.93. The van der Waals surface area contributed by atoms with Crippen LogP contribution in [0.4, 0.5) is 0 Å². The molecule has 2 nitrogen and oxygen atoms in total. The number of hydrogen-bond donors (Lipinski definition) is 1. The van der Waals surface area contributed by atoms with Gasteiger partial charge in [0.05, 0.1) is 0 Å². The van der Waals surface area contributed by atoms with Crippen LogP contribution in [0.3, 0.4) is 0 Å². The predicted molar refractivity (Wildman–Crippen MR) is 67.0 cm³/mol. The van der Waals surface area contributed by atoms with Crippen LogP contribution in [0.5, 0.6) is 0 Å². The lowest BCUT2D eigenvalue weighted by Crippen LogP contribution is -2.48. The Bertz CT molecular complexity index is 193. The van der Waals surface area contributed by atoms with E-state index in [-0.39, 0.29) is 0 Å². The number of hydrogen-bond acceptors (Lipinski definition) is 2. The Labute approximate surface area is 95.2 Å². The zero-order chi connectivity index (χ0) is 11.5. The highest BCUT2D eigenvalue weighted by atomic mass is 15.2. The molecule has 1 aliphatic carbocycles. The summed E-state index contributed by atoms with van der Waals surface area (Å²) in [6, 6.07) is 0. The summed E-state index contributed by atoms with van der Waals surface area (Å²) in [5.41, 5.74) is 6.70. The monoisotopic (exact) mass is 212 g/mol. The molecule has 2 heteroatoms. The first-order valence-electron chi connectivity index (χ1n) is 6.37. The van der Waals surface area contributed by atoms with Gasteiger partial charge < -0.3 is 10.6 Å². The van der Waals surface area contributed by atoms with Crippen LogP contribution >= 0.6 is 0 Å². The molecule has 0 radical (unpaired) electrons. The Morgan fingerprint density at radius 2 is 1.80 bits per heavy atom. The average molecular weight is 212 g/mol. The van der Waals surface area contributed by atoms with Crippen molar-refractivity contribution in [1.82, 2.24) is 4.90 Å². The molecule has 1 aliphatic rings. The van der Waals surface area contributed by atoms with Gasteiger partial charge in [-0.3, -0.25) is 0 Å². The fourth-order valence-electron chi connectivity index (χ4n) is 2.54. The fourth-order valence-corrected chi connectivity index (χ4v) is 2.54. The van der Waals surface area contributed by atoms with Crippen molar-refractivity contribution in [2.45, 2.75) is 58.4 Å². The van der Waals surface area contributed by atoms with Gasteiger partial charge in [-0.05, 0) is 52.1 Å². The van der Waals surface area contributed by atoms with Crippen LogP contribution < -0.4 is 5.73 Å². The molecule has 1 fully saturated rings. The standard InChI is InChI=1S/C13H28N2/c1-5-12(2,3)15(4)11-13(10-14)8-6-7-9-13/h5-11,14H2,1-4H3. The normalized spacial score (nSPS) is 21.2. The summed E-state index contributed by atoms with van der Waals surface area (Å²) in [7, 11) is 2.25. The number of rotatable bonds is 5. The SMILES string of the molecule is CCC(C)(C)N(C)CC1(CN)CCCC1. The van der Waals surface area contributed by atoms with Crippen molar-refractivity contribution in [3.63, 3.8) is 0 Å². The van der Waals surface area contributed by atoms with Crippen molar-refractivity contribution in [2.75, 3.05) is 20.1 Å². The van der Waals surface area contributed by atoms with E-state index in [9.17, 15) is 0 Å². The highest BCUT2D eigenvalue weighted by Gasteiger charge is 2.36. The molecular weight excluding hydrogens is 184 g/mol. The fraction of sp³-hybridized carbons (Fsp3) is 1.00. The molecule has 0 spiro atoms. The lowest BCUT2D eigenvalue weighted by molar-refractivity contribution is 0.0877. The second-order valence-electron chi connectivity index (χ2n) is 5.93. The minimum absolute atomic E-state index is 0.310. The van der Waals surface area contributed by atoms with Gasteiger partial charge in [0, 0.05) is 12.1 Å². The summed E-state index contributed by atoms with van der Waals surface area (Å²) < 4.78 is 0. The van der Waals surface area contributed by atoms with Gasteiger partial charge in [-0.15, -0.1) is 0 Å². The Hall–Kier alpha value is -0.0800. The average Bonchev–Trinajstić information content (AvgIpc) is 2.67. The van der Waals surface area contributed by atoms with E-state index >= 15 is 0 Å². The van der Waals surface area contributed by atoms with Crippen LogP contribution in [0.15, 0.2) is 0 Å². The Balaban J connectivity index is 2.59. The van der Waals surface area contributed by atoms with E-state index in [0.717, 1.165) is 6.54 Å². The van der Waals surface area contributed by atoms with Gasteiger partial charge in [-0.1, -0.05) is 19.8 Å². The molecule has 0 unspecified atom stereocenters. The van der Waals surface area contributed by atoms with Crippen LogP contribution in [0, 0.1) is 5.41 Å². The van der Waals surface area contributed by atoms with E-state index in [1.807, 2.05) is 0 Å². The van der Waals surface area contributed by atoms with Crippen molar-refractivity contribution >= 4 is 0 Å². The number of nitrogens with zero attached hydrogens (tertiary/aromatic N) is 1.